The van der Waals surface area contributed by atoms with E-state index in [2.05, 4.69) is 188 Å². The maximum atomic E-state index is 5.37. The van der Waals surface area contributed by atoms with Gasteiger partial charge in [0.1, 0.15) is 0 Å². The van der Waals surface area contributed by atoms with Gasteiger partial charge in [0.25, 0.3) is 0 Å². The Hall–Kier alpha value is -7.53. The third-order valence-electron chi connectivity index (χ3n) is 11.1. The molecule has 11 aromatic rings. The number of benzene rings is 8. The topological polar surface area (TPSA) is 38.7 Å². The molecule has 3 nitrogen and oxygen atoms in total. The minimum absolute atomic E-state index is 0.695. The Bertz CT molecular complexity index is 3300. The number of rotatable bonds is 7. The van der Waals surface area contributed by atoms with Crippen molar-refractivity contribution in [2.24, 2.45) is 0 Å². The van der Waals surface area contributed by atoms with Crippen molar-refractivity contribution in [3.63, 3.8) is 0 Å². The number of fused-ring (bicyclic) bond motifs is 4. The highest BCUT2D eigenvalue weighted by Gasteiger charge is 2.23. The maximum Gasteiger partial charge on any atom is 0.160 e. The Morgan fingerprint density at radius 2 is 0.915 bits per heavy atom. The number of nitrogens with zero attached hydrogens (tertiary/aromatic N) is 3. The summed E-state index contributed by atoms with van der Waals surface area (Å²) in [7, 11) is 0. The molecule has 3 aromatic heterocycles. The van der Waals surface area contributed by atoms with Crippen LogP contribution in [-0.4, -0.2) is 15.0 Å². The number of hydrogen-bond acceptors (Lipinski definition) is 4. The Labute approximate surface area is 346 Å². The van der Waals surface area contributed by atoms with Crippen LogP contribution in [0.1, 0.15) is 0 Å². The van der Waals surface area contributed by atoms with Gasteiger partial charge in [-0.2, -0.15) is 0 Å². The van der Waals surface area contributed by atoms with E-state index in [0.29, 0.717) is 5.82 Å². The van der Waals surface area contributed by atoms with Gasteiger partial charge in [0.15, 0.2) is 5.82 Å². The standard InChI is InChI=1S/C55H35N3S/c1-4-15-36(16-5-1)43-23-14-24-44(33-43)49-35-48(57-55(58-49)41-20-8-3-9-21-41)38-28-30-39(31-29-38)50-51-52(40-18-6-2-7-19-40)56-47-26-13-12-25-46(47)54(51)59-53(50)45-32-27-37-17-10-11-22-42(37)34-45/h1-35H. The lowest BCUT2D eigenvalue weighted by Crippen LogP contribution is -1.96. The first-order valence-corrected chi connectivity index (χ1v) is 20.7. The summed E-state index contributed by atoms with van der Waals surface area (Å²) < 4.78 is 1.24. The molecule has 0 saturated carbocycles. The predicted octanol–water partition coefficient (Wildman–Crippen LogP) is 15.1. The average Bonchev–Trinajstić information content (AvgIpc) is 3.73. The molecule has 276 valence electrons. The Kier molecular flexibility index (Phi) is 8.68. The highest BCUT2D eigenvalue weighted by molar-refractivity contribution is 7.24. The van der Waals surface area contributed by atoms with Crippen LogP contribution in [0.5, 0.6) is 0 Å². The zero-order chi connectivity index (χ0) is 39.1. The van der Waals surface area contributed by atoms with E-state index < -0.39 is 0 Å². The van der Waals surface area contributed by atoms with Crippen molar-refractivity contribution in [3.05, 3.63) is 212 Å². The van der Waals surface area contributed by atoms with E-state index in [4.69, 9.17) is 15.0 Å². The van der Waals surface area contributed by atoms with E-state index in [0.717, 1.165) is 61.4 Å². The molecule has 0 N–H and O–H groups in total. The number of thiophene rings is 1. The molecule has 59 heavy (non-hydrogen) atoms. The van der Waals surface area contributed by atoms with Crippen LogP contribution < -0.4 is 0 Å². The van der Waals surface area contributed by atoms with Gasteiger partial charge in [0, 0.05) is 48.2 Å². The van der Waals surface area contributed by atoms with Gasteiger partial charge < -0.3 is 0 Å². The minimum Gasteiger partial charge on any atom is -0.247 e. The Morgan fingerprint density at radius 1 is 0.339 bits per heavy atom. The quantitative estimate of drug-likeness (QED) is 0.162. The van der Waals surface area contributed by atoms with Gasteiger partial charge in [-0.25, -0.2) is 15.0 Å². The molecule has 0 aliphatic carbocycles. The van der Waals surface area contributed by atoms with Crippen LogP contribution in [0.25, 0.3) is 110 Å². The van der Waals surface area contributed by atoms with Gasteiger partial charge in [-0.15, -0.1) is 11.3 Å². The molecular weight excluding hydrogens is 735 g/mol. The fourth-order valence-corrected chi connectivity index (χ4v) is 9.51. The molecular formula is C55H35N3S. The van der Waals surface area contributed by atoms with E-state index in [9.17, 15) is 0 Å². The second-order valence-corrected chi connectivity index (χ2v) is 15.8. The van der Waals surface area contributed by atoms with Crippen molar-refractivity contribution >= 4 is 43.1 Å². The first kappa shape index (κ1) is 34.7. The second kappa shape index (κ2) is 14.8. The van der Waals surface area contributed by atoms with Gasteiger partial charge >= 0.3 is 0 Å². The van der Waals surface area contributed by atoms with Crippen LogP contribution in [0, 0.1) is 0 Å². The smallest absolute Gasteiger partial charge is 0.160 e. The monoisotopic (exact) mass is 769 g/mol. The zero-order valence-electron chi connectivity index (χ0n) is 32.0. The average molecular weight is 770 g/mol. The van der Waals surface area contributed by atoms with Crippen molar-refractivity contribution in [1.82, 2.24) is 15.0 Å². The van der Waals surface area contributed by atoms with Gasteiger partial charge in [-0.05, 0) is 57.3 Å². The second-order valence-electron chi connectivity index (χ2n) is 14.8. The molecule has 0 aliphatic rings. The minimum atomic E-state index is 0.695. The van der Waals surface area contributed by atoms with E-state index in [-0.39, 0.29) is 0 Å². The number of aromatic nitrogens is 3. The zero-order valence-corrected chi connectivity index (χ0v) is 32.8. The number of hydrogen-bond donors (Lipinski definition) is 0. The van der Waals surface area contributed by atoms with Crippen LogP contribution in [0.2, 0.25) is 0 Å². The molecule has 4 heteroatoms. The lowest BCUT2D eigenvalue weighted by atomic mass is 9.93. The van der Waals surface area contributed by atoms with E-state index in [1.807, 2.05) is 35.6 Å². The van der Waals surface area contributed by atoms with Crippen LogP contribution in [0.15, 0.2) is 212 Å². The van der Waals surface area contributed by atoms with Gasteiger partial charge in [0.05, 0.1) is 22.6 Å². The van der Waals surface area contributed by atoms with E-state index >= 15 is 0 Å². The Balaban J connectivity index is 1.10. The van der Waals surface area contributed by atoms with Crippen LogP contribution in [-0.2, 0) is 0 Å². The summed E-state index contributed by atoms with van der Waals surface area (Å²) >= 11 is 1.86. The molecule has 0 fully saturated rings. The lowest BCUT2D eigenvalue weighted by molar-refractivity contribution is 1.18. The van der Waals surface area contributed by atoms with E-state index in [1.54, 1.807) is 0 Å². The third-order valence-corrected chi connectivity index (χ3v) is 12.3. The molecule has 11 rings (SSSR count). The van der Waals surface area contributed by atoms with Crippen LogP contribution in [0.4, 0.5) is 0 Å². The lowest BCUT2D eigenvalue weighted by Gasteiger charge is -2.13. The van der Waals surface area contributed by atoms with Crippen molar-refractivity contribution < 1.29 is 0 Å². The molecule has 0 bridgehead atoms. The van der Waals surface area contributed by atoms with Gasteiger partial charge in [0.2, 0.25) is 0 Å². The first-order valence-electron chi connectivity index (χ1n) is 19.8. The summed E-state index contributed by atoms with van der Waals surface area (Å²) in [6, 6.07) is 75.0. The largest absolute Gasteiger partial charge is 0.247 e. The van der Waals surface area contributed by atoms with Crippen molar-refractivity contribution in [2.45, 2.75) is 0 Å². The summed E-state index contributed by atoms with van der Waals surface area (Å²) in [5.41, 5.74) is 13.7. The highest BCUT2D eigenvalue weighted by Crippen LogP contribution is 2.50. The predicted molar refractivity (Wildman–Crippen MR) is 248 cm³/mol. The number of pyridine rings is 1. The first-order chi connectivity index (χ1) is 29.2. The highest BCUT2D eigenvalue weighted by atomic mass is 32.1. The Morgan fingerprint density at radius 3 is 1.68 bits per heavy atom. The fraction of sp³-hybridized carbons (Fsp3) is 0. The maximum absolute atomic E-state index is 5.37. The third kappa shape index (κ3) is 6.46. The molecule has 0 amide bonds. The molecule has 0 unspecified atom stereocenters. The normalized spacial score (nSPS) is 11.4. The molecule has 0 aliphatic heterocycles. The SMILES string of the molecule is c1ccc(-c2cccc(-c3cc(-c4ccc(-c5c(-c6ccc7ccccc7c6)sc6c5c(-c5ccccc5)nc5ccccc56)cc4)nc(-c4ccccc4)n3)c2)cc1. The molecule has 0 atom stereocenters. The van der Waals surface area contributed by atoms with Crippen molar-refractivity contribution in [2.75, 3.05) is 0 Å². The van der Waals surface area contributed by atoms with Crippen molar-refractivity contribution in [1.29, 1.82) is 0 Å². The number of para-hydroxylation sites is 1. The summed E-state index contributed by atoms with van der Waals surface area (Å²) in [6.07, 6.45) is 0. The fourth-order valence-electron chi connectivity index (χ4n) is 8.16. The molecule has 0 spiro atoms. The van der Waals surface area contributed by atoms with Gasteiger partial charge in [-0.1, -0.05) is 188 Å². The van der Waals surface area contributed by atoms with Gasteiger partial charge in [-0.3, -0.25) is 0 Å². The summed E-state index contributed by atoms with van der Waals surface area (Å²) in [4.78, 5) is 16.9. The molecule has 0 saturated heterocycles. The van der Waals surface area contributed by atoms with Crippen LogP contribution >= 0.6 is 11.3 Å². The summed E-state index contributed by atoms with van der Waals surface area (Å²) in [5.74, 6) is 0.695. The van der Waals surface area contributed by atoms with E-state index in [1.165, 1.54) is 42.4 Å². The summed E-state index contributed by atoms with van der Waals surface area (Å²) in [6.45, 7) is 0. The molecule has 0 radical (unpaired) electrons. The van der Waals surface area contributed by atoms with Crippen molar-refractivity contribution in [3.8, 4) is 77.9 Å². The molecule has 3 heterocycles. The summed E-state index contributed by atoms with van der Waals surface area (Å²) in [5, 5.41) is 4.78. The van der Waals surface area contributed by atoms with Crippen LogP contribution in [0.3, 0.4) is 0 Å². The molecule has 8 aromatic carbocycles.